The average molecular weight is 298 g/mol. The number of likely N-dealkylation sites (tertiary alicyclic amines) is 1. The van der Waals surface area contributed by atoms with Gasteiger partial charge in [0, 0.05) is 26.2 Å². The van der Waals surface area contributed by atoms with Crippen molar-refractivity contribution in [2.24, 2.45) is 11.3 Å². The number of carboxylic acids is 1. The Hall–Kier alpha value is -1.30. The third-order valence-corrected chi connectivity index (χ3v) is 4.57. The molecule has 1 unspecified atom stereocenters. The third kappa shape index (κ3) is 4.33. The molecule has 0 aromatic rings. The van der Waals surface area contributed by atoms with Crippen molar-refractivity contribution in [3.8, 4) is 0 Å². The van der Waals surface area contributed by atoms with Crippen molar-refractivity contribution in [2.45, 2.75) is 39.0 Å². The number of hydrogen-bond donors (Lipinski definition) is 2. The van der Waals surface area contributed by atoms with Gasteiger partial charge in [0.25, 0.3) is 0 Å². The molecule has 0 radical (unpaired) electrons. The number of amides is 2. The van der Waals surface area contributed by atoms with E-state index < -0.39 is 11.4 Å². The lowest BCUT2D eigenvalue weighted by Gasteiger charge is -2.39. The SMILES string of the molecule is CCC1(C(=O)O)CCCN(C(=O)NCCOCC2CC2)C1. The Kier molecular flexibility index (Phi) is 5.45. The zero-order valence-electron chi connectivity index (χ0n) is 12.8. The standard InChI is InChI=1S/C15H26N2O4/c1-2-15(13(18)19)6-3-8-17(11-15)14(20)16-7-9-21-10-12-4-5-12/h12H,2-11H2,1H3,(H,16,20)(H,18,19). The van der Waals surface area contributed by atoms with Crippen LogP contribution >= 0.6 is 0 Å². The largest absolute Gasteiger partial charge is 0.481 e. The van der Waals surface area contributed by atoms with Crippen LogP contribution in [0.1, 0.15) is 39.0 Å². The van der Waals surface area contributed by atoms with Gasteiger partial charge in [0.05, 0.1) is 12.0 Å². The number of rotatable bonds is 7. The topological polar surface area (TPSA) is 78.9 Å². The van der Waals surface area contributed by atoms with Gasteiger partial charge < -0.3 is 20.1 Å². The van der Waals surface area contributed by atoms with Crippen molar-refractivity contribution >= 4 is 12.0 Å². The summed E-state index contributed by atoms with van der Waals surface area (Å²) in [4.78, 5) is 25.2. The van der Waals surface area contributed by atoms with E-state index in [9.17, 15) is 14.7 Å². The lowest BCUT2D eigenvalue weighted by Crippen LogP contribution is -2.52. The van der Waals surface area contributed by atoms with E-state index in [-0.39, 0.29) is 6.03 Å². The second kappa shape index (κ2) is 7.11. The van der Waals surface area contributed by atoms with Gasteiger partial charge in [-0.3, -0.25) is 4.79 Å². The van der Waals surface area contributed by atoms with E-state index in [2.05, 4.69) is 5.32 Å². The Morgan fingerprint density at radius 2 is 2.19 bits per heavy atom. The summed E-state index contributed by atoms with van der Waals surface area (Å²) >= 11 is 0. The highest BCUT2D eigenvalue weighted by molar-refractivity contribution is 5.78. The van der Waals surface area contributed by atoms with Gasteiger partial charge in [0.15, 0.2) is 0 Å². The molecular formula is C15H26N2O4. The van der Waals surface area contributed by atoms with E-state index >= 15 is 0 Å². The number of ether oxygens (including phenoxy) is 1. The molecule has 1 saturated heterocycles. The molecule has 1 aliphatic carbocycles. The number of aliphatic carboxylic acids is 1. The number of carboxylic acid groups (broad SMARTS) is 1. The summed E-state index contributed by atoms with van der Waals surface area (Å²) in [7, 11) is 0. The molecule has 1 saturated carbocycles. The maximum absolute atomic E-state index is 12.1. The fourth-order valence-electron chi connectivity index (χ4n) is 2.80. The Bertz CT molecular complexity index is 384. The van der Waals surface area contributed by atoms with E-state index in [0.29, 0.717) is 39.1 Å². The molecular weight excluding hydrogens is 272 g/mol. The van der Waals surface area contributed by atoms with Crippen LogP contribution in [0.2, 0.25) is 0 Å². The van der Waals surface area contributed by atoms with Crippen LogP contribution in [0.25, 0.3) is 0 Å². The number of hydrogen-bond acceptors (Lipinski definition) is 3. The van der Waals surface area contributed by atoms with Crippen molar-refractivity contribution < 1.29 is 19.4 Å². The predicted octanol–water partition coefficient (Wildman–Crippen LogP) is 1.70. The molecule has 2 aliphatic rings. The first-order valence-electron chi connectivity index (χ1n) is 7.91. The van der Waals surface area contributed by atoms with E-state index in [1.54, 1.807) is 4.90 Å². The molecule has 2 amide bonds. The minimum absolute atomic E-state index is 0.177. The van der Waals surface area contributed by atoms with Gasteiger partial charge in [-0.15, -0.1) is 0 Å². The minimum Gasteiger partial charge on any atom is -0.481 e. The van der Waals surface area contributed by atoms with Gasteiger partial charge in [0.2, 0.25) is 0 Å². The van der Waals surface area contributed by atoms with Crippen LogP contribution in [-0.4, -0.2) is 54.9 Å². The lowest BCUT2D eigenvalue weighted by atomic mass is 9.78. The van der Waals surface area contributed by atoms with Crippen LogP contribution in [0.5, 0.6) is 0 Å². The van der Waals surface area contributed by atoms with Crippen LogP contribution < -0.4 is 5.32 Å². The zero-order valence-corrected chi connectivity index (χ0v) is 12.8. The van der Waals surface area contributed by atoms with Gasteiger partial charge >= 0.3 is 12.0 Å². The fourth-order valence-corrected chi connectivity index (χ4v) is 2.80. The number of urea groups is 1. The molecule has 6 heteroatoms. The Morgan fingerprint density at radius 3 is 2.81 bits per heavy atom. The molecule has 1 heterocycles. The number of carbonyl (C=O) groups is 2. The third-order valence-electron chi connectivity index (χ3n) is 4.57. The van der Waals surface area contributed by atoms with E-state index in [1.807, 2.05) is 6.92 Å². The number of carbonyl (C=O) groups excluding carboxylic acids is 1. The molecule has 0 aromatic heterocycles. The summed E-state index contributed by atoms with van der Waals surface area (Å²) in [5, 5.41) is 12.2. The Balaban J connectivity index is 1.71. The predicted molar refractivity (Wildman–Crippen MR) is 78.1 cm³/mol. The van der Waals surface area contributed by atoms with Gasteiger partial charge in [-0.1, -0.05) is 6.92 Å². The van der Waals surface area contributed by atoms with Gasteiger partial charge in [-0.25, -0.2) is 4.79 Å². The van der Waals surface area contributed by atoms with Crippen LogP contribution in [0.3, 0.4) is 0 Å². The summed E-state index contributed by atoms with van der Waals surface area (Å²) in [6, 6.07) is -0.177. The molecule has 0 spiro atoms. The summed E-state index contributed by atoms with van der Waals surface area (Å²) in [5.41, 5.74) is -0.780. The van der Waals surface area contributed by atoms with Crippen molar-refractivity contribution in [1.82, 2.24) is 10.2 Å². The van der Waals surface area contributed by atoms with Crippen LogP contribution in [-0.2, 0) is 9.53 Å². The molecule has 1 atom stereocenters. The first-order chi connectivity index (χ1) is 10.1. The maximum Gasteiger partial charge on any atom is 0.317 e. The normalized spacial score (nSPS) is 25.7. The van der Waals surface area contributed by atoms with Crippen LogP contribution in [0, 0.1) is 11.3 Å². The minimum atomic E-state index is -0.796. The fraction of sp³-hybridized carbons (Fsp3) is 0.867. The first-order valence-corrected chi connectivity index (χ1v) is 7.91. The van der Waals surface area contributed by atoms with Crippen molar-refractivity contribution in [1.29, 1.82) is 0 Å². The van der Waals surface area contributed by atoms with Crippen molar-refractivity contribution in [2.75, 3.05) is 32.8 Å². The highest BCUT2D eigenvalue weighted by Gasteiger charge is 2.42. The summed E-state index contributed by atoms with van der Waals surface area (Å²) in [6.45, 7) is 4.60. The zero-order chi connectivity index (χ0) is 15.3. The molecule has 6 nitrogen and oxygen atoms in total. The van der Waals surface area contributed by atoms with Crippen molar-refractivity contribution in [3.05, 3.63) is 0 Å². The number of piperidine rings is 1. The maximum atomic E-state index is 12.1. The monoisotopic (exact) mass is 298 g/mol. The second-order valence-corrected chi connectivity index (χ2v) is 6.21. The van der Waals surface area contributed by atoms with E-state index in [4.69, 9.17) is 4.74 Å². The summed E-state index contributed by atoms with van der Waals surface area (Å²) in [6.07, 6.45) is 4.46. The van der Waals surface area contributed by atoms with Gasteiger partial charge in [-0.05, 0) is 38.0 Å². The smallest absolute Gasteiger partial charge is 0.317 e. The van der Waals surface area contributed by atoms with Crippen LogP contribution in [0.4, 0.5) is 4.79 Å². The van der Waals surface area contributed by atoms with Crippen molar-refractivity contribution in [3.63, 3.8) is 0 Å². The summed E-state index contributed by atoms with van der Waals surface area (Å²) in [5.74, 6) is -0.0706. The summed E-state index contributed by atoms with van der Waals surface area (Å²) < 4.78 is 5.47. The van der Waals surface area contributed by atoms with E-state index in [1.165, 1.54) is 12.8 Å². The second-order valence-electron chi connectivity index (χ2n) is 6.21. The van der Waals surface area contributed by atoms with Crippen LogP contribution in [0.15, 0.2) is 0 Å². The molecule has 21 heavy (non-hydrogen) atoms. The van der Waals surface area contributed by atoms with Gasteiger partial charge in [-0.2, -0.15) is 0 Å². The molecule has 0 bridgehead atoms. The highest BCUT2D eigenvalue weighted by atomic mass is 16.5. The number of nitrogens with one attached hydrogen (secondary N) is 1. The number of nitrogens with zero attached hydrogens (tertiary/aromatic N) is 1. The highest BCUT2D eigenvalue weighted by Crippen LogP contribution is 2.33. The molecule has 0 aromatic carbocycles. The lowest BCUT2D eigenvalue weighted by molar-refractivity contribution is -0.152. The molecule has 120 valence electrons. The van der Waals surface area contributed by atoms with E-state index in [0.717, 1.165) is 18.9 Å². The Labute approximate surface area is 125 Å². The average Bonchev–Trinajstić information content (AvgIpc) is 3.30. The Morgan fingerprint density at radius 1 is 1.43 bits per heavy atom. The quantitative estimate of drug-likeness (QED) is 0.701. The molecule has 2 N–H and O–H groups in total. The first kappa shape index (κ1) is 16.1. The van der Waals surface area contributed by atoms with Gasteiger partial charge in [0.1, 0.15) is 0 Å². The molecule has 2 rings (SSSR count). The molecule has 2 fully saturated rings. The molecule has 1 aliphatic heterocycles.